The maximum atomic E-state index is 13.8. The Morgan fingerprint density at radius 2 is 1.82 bits per heavy atom. The first-order valence-electron chi connectivity index (χ1n) is 8.36. The second-order valence-corrected chi connectivity index (χ2v) is 6.17. The topological polar surface area (TPSA) is 121 Å². The van der Waals surface area contributed by atoms with Gasteiger partial charge in [0, 0.05) is 12.3 Å². The Balaban J connectivity index is 1.85. The van der Waals surface area contributed by atoms with Crippen molar-refractivity contribution >= 4 is 28.5 Å². The maximum Gasteiger partial charge on any atom is 0.164 e. The zero-order chi connectivity index (χ0) is 19.8. The standard InChI is InChI=1S/C18H16F2N8/c1-9(26-16-14(21)15(22)24-8-25-16)17-27-13-3-2-4-23-18(13)28(17)12-6-10(19)5-11(20)7-12/h2-9H,21H2,1H3,(H3,22,24,25,26)/t9-/m0/s1. The Labute approximate surface area is 158 Å². The fraction of sp³-hybridized carbons (Fsp3) is 0.111. The zero-order valence-corrected chi connectivity index (χ0v) is 14.8. The van der Waals surface area contributed by atoms with Gasteiger partial charge >= 0.3 is 0 Å². The predicted octanol–water partition coefficient (Wildman–Crippen LogP) is 2.83. The fourth-order valence-corrected chi connectivity index (χ4v) is 2.94. The highest BCUT2D eigenvalue weighted by atomic mass is 19.1. The molecule has 28 heavy (non-hydrogen) atoms. The van der Waals surface area contributed by atoms with Gasteiger partial charge in [0.05, 0.1) is 11.7 Å². The lowest BCUT2D eigenvalue weighted by Crippen LogP contribution is -2.16. The van der Waals surface area contributed by atoms with Crippen LogP contribution in [0, 0.1) is 11.6 Å². The van der Waals surface area contributed by atoms with Crippen LogP contribution in [-0.4, -0.2) is 24.5 Å². The number of halogens is 2. The number of nitrogens with two attached hydrogens (primary N) is 2. The molecule has 3 aromatic heterocycles. The highest BCUT2D eigenvalue weighted by Gasteiger charge is 2.21. The van der Waals surface area contributed by atoms with Gasteiger partial charge in [-0.15, -0.1) is 0 Å². The molecule has 1 aromatic carbocycles. The van der Waals surface area contributed by atoms with Crippen LogP contribution in [0.2, 0.25) is 0 Å². The second kappa shape index (κ2) is 6.72. The minimum absolute atomic E-state index is 0.145. The molecule has 8 nitrogen and oxygen atoms in total. The maximum absolute atomic E-state index is 13.8. The number of hydrogen-bond acceptors (Lipinski definition) is 7. The number of nitrogen functional groups attached to an aromatic ring is 2. The molecule has 0 fully saturated rings. The van der Waals surface area contributed by atoms with Crippen LogP contribution in [0.25, 0.3) is 16.9 Å². The summed E-state index contributed by atoms with van der Waals surface area (Å²) in [5, 5.41) is 3.11. The van der Waals surface area contributed by atoms with Gasteiger partial charge in [-0.2, -0.15) is 0 Å². The van der Waals surface area contributed by atoms with Crippen molar-refractivity contribution < 1.29 is 8.78 Å². The molecule has 10 heteroatoms. The molecule has 4 rings (SSSR count). The third kappa shape index (κ3) is 3.04. The Bertz CT molecular complexity index is 1150. The minimum Gasteiger partial charge on any atom is -0.393 e. The average molecular weight is 382 g/mol. The summed E-state index contributed by atoms with van der Waals surface area (Å²) in [6.45, 7) is 1.81. The molecule has 0 saturated heterocycles. The number of anilines is 3. The number of aromatic nitrogens is 5. The van der Waals surface area contributed by atoms with E-state index < -0.39 is 17.7 Å². The highest BCUT2D eigenvalue weighted by molar-refractivity contribution is 5.75. The number of hydrogen-bond donors (Lipinski definition) is 3. The van der Waals surface area contributed by atoms with Crippen LogP contribution in [0.5, 0.6) is 0 Å². The number of pyridine rings is 1. The molecule has 0 radical (unpaired) electrons. The van der Waals surface area contributed by atoms with Crippen LogP contribution in [0.4, 0.5) is 26.1 Å². The first kappa shape index (κ1) is 17.6. The first-order chi connectivity index (χ1) is 13.4. The lowest BCUT2D eigenvalue weighted by Gasteiger charge is -2.18. The highest BCUT2D eigenvalue weighted by Crippen LogP contribution is 2.29. The van der Waals surface area contributed by atoms with Gasteiger partial charge in [-0.25, -0.2) is 28.7 Å². The Morgan fingerprint density at radius 1 is 1.07 bits per heavy atom. The van der Waals surface area contributed by atoms with E-state index in [1.165, 1.54) is 18.5 Å². The summed E-state index contributed by atoms with van der Waals surface area (Å²) >= 11 is 0. The summed E-state index contributed by atoms with van der Waals surface area (Å²) < 4.78 is 29.3. The molecular formula is C18H16F2N8. The molecule has 0 spiro atoms. The lowest BCUT2D eigenvalue weighted by molar-refractivity contribution is 0.581. The summed E-state index contributed by atoms with van der Waals surface area (Å²) in [5.41, 5.74) is 13.1. The van der Waals surface area contributed by atoms with Crippen LogP contribution in [0.1, 0.15) is 18.8 Å². The lowest BCUT2D eigenvalue weighted by atomic mass is 10.2. The Kier molecular flexibility index (Phi) is 4.22. The zero-order valence-electron chi connectivity index (χ0n) is 14.8. The van der Waals surface area contributed by atoms with E-state index >= 15 is 0 Å². The van der Waals surface area contributed by atoms with E-state index in [0.717, 1.165) is 6.07 Å². The third-order valence-electron chi connectivity index (χ3n) is 4.20. The molecule has 0 aliphatic carbocycles. The van der Waals surface area contributed by atoms with Crippen molar-refractivity contribution in [1.82, 2.24) is 24.5 Å². The van der Waals surface area contributed by atoms with Crippen molar-refractivity contribution in [3.8, 4) is 5.69 Å². The van der Waals surface area contributed by atoms with Gasteiger partial charge in [-0.05, 0) is 31.2 Å². The fourth-order valence-electron chi connectivity index (χ4n) is 2.94. The van der Waals surface area contributed by atoms with E-state index in [-0.39, 0.29) is 17.2 Å². The van der Waals surface area contributed by atoms with Crippen LogP contribution >= 0.6 is 0 Å². The van der Waals surface area contributed by atoms with Crippen molar-refractivity contribution in [2.45, 2.75) is 13.0 Å². The molecule has 0 bridgehead atoms. The summed E-state index contributed by atoms with van der Waals surface area (Å²) in [6.07, 6.45) is 2.87. The Hall–Kier alpha value is -3.82. The number of fused-ring (bicyclic) bond motifs is 1. The molecule has 0 aliphatic heterocycles. The van der Waals surface area contributed by atoms with Crippen LogP contribution < -0.4 is 16.8 Å². The molecule has 5 N–H and O–H groups in total. The smallest absolute Gasteiger partial charge is 0.164 e. The largest absolute Gasteiger partial charge is 0.393 e. The Morgan fingerprint density at radius 3 is 2.57 bits per heavy atom. The number of imidazole rings is 1. The third-order valence-corrected chi connectivity index (χ3v) is 4.20. The van der Waals surface area contributed by atoms with Gasteiger partial charge in [0.25, 0.3) is 0 Å². The molecule has 142 valence electrons. The van der Waals surface area contributed by atoms with Gasteiger partial charge in [0.15, 0.2) is 17.3 Å². The molecule has 0 saturated carbocycles. The predicted molar refractivity (Wildman–Crippen MR) is 102 cm³/mol. The molecule has 0 unspecified atom stereocenters. The number of nitrogens with zero attached hydrogens (tertiary/aromatic N) is 5. The number of rotatable bonds is 4. The molecule has 3 heterocycles. The van der Waals surface area contributed by atoms with Crippen molar-refractivity contribution in [3.63, 3.8) is 0 Å². The molecular weight excluding hydrogens is 366 g/mol. The van der Waals surface area contributed by atoms with E-state index in [1.54, 1.807) is 22.9 Å². The molecule has 4 aromatic rings. The monoisotopic (exact) mass is 382 g/mol. The van der Waals surface area contributed by atoms with Crippen LogP contribution in [0.15, 0.2) is 42.9 Å². The average Bonchev–Trinajstić information content (AvgIpc) is 3.04. The minimum atomic E-state index is -0.702. The van der Waals surface area contributed by atoms with Gasteiger partial charge < -0.3 is 16.8 Å². The van der Waals surface area contributed by atoms with Gasteiger partial charge in [0.2, 0.25) is 0 Å². The number of nitrogens with one attached hydrogen (secondary N) is 1. The number of benzene rings is 1. The van der Waals surface area contributed by atoms with Gasteiger partial charge in [-0.3, -0.25) is 4.57 Å². The van der Waals surface area contributed by atoms with E-state index in [0.29, 0.717) is 22.8 Å². The van der Waals surface area contributed by atoms with Crippen LogP contribution in [0.3, 0.4) is 0 Å². The quantitative estimate of drug-likeness (QED) is 0.496. The van der Waals surface area contributed by atoms with E-state index in [4.69, 9.17) is 11.5 Å². The van der Waals surface area contributed by atoms with E-state index in [9.17, 15) is 8.78 Å². The normalized spacial score (nSPS) is 12.2. The van der Waals surface area contributed by atoms with E-state index in [1.807, 2.05) is 6.92 Å². The first-order valence-corrected chi connectivity index (χ1v) is 8.36. The van der Waals surface area contributed by atoms with Gasteiger partial charge in [-0.1, -0.05) is 0 Å². The molecule has 0 aliphatic rings. The summed E-state index contributed by atoms with van der Waals surface area (Å²) in [6, 6.07) is 6.29. The van der Waals surface area contributed by atoms with Crippen molar-refractivity contribution in [1.29, 1.82) is 0 Å². The summed E-state index contributed by atoms with van der Waals surface area (Å²) in [4.78, 5) is 16.8. The second-order valence-electron chi connectivity index (χ2n) is 6.17. The van der Waals surface area contributed by atoms with Crippen molar-refractivity contribution in [2.75, 3.05) is 16.8 Å². The summed E-state index contributed by atoms with van der Waals surface area (Å²) in [5.74, 6) is -0.460. The van der Waals surface area contributed by atoms with Gasteiger partial charge in [0.1, 0.15) is 35.0 Å². The van der Waals surface area contributed by atoms with Crippen molar-refractivity contribution in [3.05, 3.63) is 60.3 Å². The SMILES string of the molecule is C[C@H](Nc1ncnc(N)c1N)c1nc2cccnc2n1-c1cc(F)cc(F)c1. The van der Waals surface area contributed by atoms with Crippen molar-refractivity contribution in [2.24, 2.45) is 0 Å². The van der Waals surface area contributed by atoms with Crippen LogP contribution in [-0.2, 0) is 0 Å². The summed E-state index contributed by atoms with van der Waals surface area (Å²) in [7, 11) is 0. The van der Waals surface area contributed by atoms with E-state index in [2.05, 4.69) is 25.3 Å². The molecule has 0 amide bonds. The molecule has 1 atom stereocenters.